The van der Waals surface area contributed by atoms with Crippen LogP contribution in [0.3, 0.4) is 0 Å². The highest BCUT2D eigenvalue weighted by Crippen LogP contribution is 2.46. The predicted molar refractivity (Wildman–Crippen MR) is 159 cm³/mol. The summed E-state index contributed by atoms with van der Waals surface area (Å²) in [5.41, 5.74) is 8.04. The first-order valence-electron chi connectivity index (χ1n) is 13.0. The second-order valence-corrected chi connectivity index (χ2v) is 10.0. The molecule has 9 aromatic rings. The molecule has 0 unspecified atom stereocenters. The average Bonchev–Trinajstić information content (AvgIpc) is 3.48. The van der Waals surface area contributed by atoms with E-state index in [4.69, 9.17) is 4.98 Å². The molecule has 0 saturated heterocycles. The van der Waals surface area contributed by atoms with Crippen LogP contribution in [0.15, 0.2) is 127 Å². The fourth-order valence-corrected chi connectivity index (χ4v) is 6.51. The molecular formula is C35H21N3. The largest absolute Gasteiger partial charge is 0.309 e. The van der Waals surface area contributed by atoms with Crippen LogP contribution in [-0.4, -0.2) is 14.0 Å². The molecule has 3 heterocycles. The maximum absolute atomic E-state index is 5.24. The zero-order valence-electron chi connectivity index (χ0n) is 20.5. The van der Waals surface area contributed by atoms with E-state index in [1.54, 1.807) is 0 Å². The van der Waals surface area contributed by atoms with Crippen molar-refractivity contribution in [3.05, 3.63) is 127 Å². The van der Waals surface area contributed by atoms with Gasteiger partial charge in [0.1, 0.15) is 5.82 Å². The Bertz CT molecular complexity index is 2320. The summed E-state index contributed by atoms with van der Waals surface area (Å²) in [6.45, 7) is 0. The van der Waals surface area contributed by atoms with Gasteiger partial charge in [0, 0.05) is 32.8 Å². The Labute approximate surface area is 218 Å². The van der Waals surface area contributed by atoms with E-state index < -0.39 is 0 Å². The first kappa shape index (κ1) is 20.0. The Morgan fingerprint density at radius 3 is 2.05 bits per heavy atom. The number of rotatable bonds is 2. The minimum absolute atomic E-state index is 0.971. The summed E-state index contributed by atoms with van der Waals surface area (Å²) in [5.74, 6) is 0.971. The molecule has 0 aliphatic carbocycles. The predicted octanol–water partition coefficient (Wildman–Crippen LogP) is 9.00. The Balaban J connectivity index is 1.68. The Morgan fingerprint density at radius 2 is 1.21 bits per heavy atom. The van der Waals surface area contributed by atoms with Crippen molar-refractivity contribution >= 4 is 59.9 Å². The summed E-state index contributed by atoms with van der Waals surface area (Å²) in [4.78, 5) is 5.24. The van der Waals surface area contributed by atoms with Gasteiger partial charge in [0.15, 0.2) is 0 Å². The molecule has 6 aromatic carbocycles. The molecule has 3 heteroatoms. The lowest BCUT2D eigenvalue weighted by molar-refractivity contribution is 1.18. The van der Waals surface area contributed by atoms with Crippen LogP contribution in [-0.2, 0) is 0 Å². The molecule has 3 nitrogen and oxygen atoms in total. The highest BCUT2D eigenvalue weighted by atomic mass is 15.0. The van der Waals surface area contributed by atoms with E-state index in [1.807, 2.05) is 0 Å². The third-order valence-electron chi connectivity index (χ3n) is 8.02. The van der Waals surface area contributed by atoms with E-state index in [1.165, 1.54) is 54.4 Å². The first-order chi connectivity index (χ1) is 18.9. The van der Waals surface area contributed by atoms with Gasteiger partial charge in [-0.25, -0.2) is 4.98 Å². The summed E-state index contributed by atoms with van der Waals surface area (Å²) in [6.07, 6.45) is 0. The molecule has 0 spiro atoms. The quantitative estimate of drug-likeness (QED) is 0.240. The van der Waals surface area contributed by atoms with Crippen molar-refractivity contribution in [1.29, 1.82) is 0 Å². The summed E-state index contributed by atoms with van der Waals surface area (Å²) in [6, 6.07) is 45.7. The summed E-state index contributed by atoms with van der Waals surface area (Å²) in [7, 11) is 0. The zero-order chi connectivity index (χ0) is 24.8. The molecule has 9 rings (SSSR count). The molecule has 3 aromatic heterocycles. The van der Waals surface area contributed by atoms with Crippen LogP contribution < -0.4 is 0 Å². The van der Waals surface area contributed by atoms with Crippen molar-refractivity contribution in [2.45, 2.75) is 0 Å². The fraction of sp³-hybridized carbons (Fsp3) is 0. The fourth-order valence-electron chi connectivity index (χ4n) is 6.51. The molecule has 176 valence electrons. The van der Waals surface area contributed by atoms with E-state index in [9.17, 15) is 0 Å². The second-order valence-electron chi connectivity index (χ2n) is 10.0. The van der Waals surface area contributed by atoms with Gasteiger partial charge in [-0.05, 0) is 47.2 Å². The molecule has 0 amide bonds. The van der Waals surface area contributed by atoms with Crippen molar-refractivity contribution in [2.24, 2.45) is 0 Å². The van der Waals surface area contributed by atoms with Crippen LogP contribution in [0, 0.1) is 0 Å². The van der Waals surface area contributed by atoms with Crippen molar-refractivity contribution in [2.75, 3.05) is 0 Å². The van der Waals surface area contributed by atoms with Crippen molar-refractivity contribution < 1.29 is 0 Å². The number of aromatic nitrogens is 3. The molecule has 0 bridgehead atoms. The molecule has 0 N–H and O–H groups in total. The molecule has 0 fully saturated rings. The third-order valence-corrected chi connectivity index (χ3v) is 8.02. The number of hydrogen-bond acceptors (Lipinski definition) is 1. The second kappa shape index (κ2) is 7.21. The number of para-hydroxylation sites is 2. The van der Waals surface area contributed by atoms with Crippen LogP contribution >= 0.6 is 0 Å². The molecule has 38 heavy (non-hydrogen) atoms. The Morgan fingerprint density at radius 1 is 0.500 bits per heavy atom. The van der Waals surface area contributed by atoms with Crippen molar-refractivity contribution in [1.82, 2.24) is 14.0 Å². The number of fused-ring (bicyclic) bond motifs is 5. The van der Waals surface area contributed by atoms with Gasteiger partial charge in [0.05, 0.1) is 27.6 Å². The Kier molecular flexibility index (Phi) is 3.79. The molecule has 0 aliphatic heterocycles. The highest BCUT2D eigenvalue weighted by molar-refractivity contribution is 6.35. The lowest BCUT2D eigenvalue weighted by Gasteiger charge is -2.10. The standard InChI is InChI=1S/C35H21N3/c1-3-11-22(12-4-1)35-36-27-19-20-29-33-32-30(37(29)24-14-5-2-6-15-24)21-23-13-7-8-16-25(23)31(32)26-17-9-10-18-28(26)38(35)34(27)33/h1-21H. The zero-order valence-corrected chi connectivity index (χ0v) is 20.5. The summed E-state index contributed by atoms with van der Waals surface area (Å²) < 4.78 is 4.82. The van der Waals surface area contributed by atoms with E-state index in [0.29, 0.717) is 0 Å². The number of benzene rings is 6. The summed E-state index contributed by atoms with van der Waals surface area (Å²) >= 11 is 0. The smallest absolute Gasteiger partial charge is 0.145 e. The van der Waals surface area contributed by atoms with Gasteiger partial charge in [0.25, 0.3) is 0 Å². The molecule has 0 radical (unpaired) electrons. The Hall–Kier alpha value is -5.15. The number of nitrogens with zero attached hydrogens (tertiary/aromatic N) is 3. The summed E-state index contributed by atoms with van der Waals surface area (Å²) in [5, 5.41) is 7.59. The van der Waals surface area contributed by atoms with Crippen LogP contribution in [0.4, 0.5) is 0 Å². The normalized spacial score (nSPS) is 12.2. The maximum atomic E-state index is 5.24. The number of hydrogen-bond donors (Lipinski definition) is 0. The van der Waals surface area contributed by atoms with E-state index in [-0.39, 0.29) is 0 Å². The van der Waals surface area contributed by atoms with Gasteiger partial charge in [0.2, 0.25) is 0 Å². The molecule has 0 saturated carbocycles. The highest BCUT2D eigenvalue weighted by Gasteiger charge is 2.24. The lowest BCUT2D eigenvalue weighted by atomic mass is 9.98. The SMILES string of the molecule is c1ccc(-c2nc3ccc4c5c6c(c7ccccc7cc6n4-c4ccccc4)c4ccccc4n2c35)cc1. The minimum atomic E-state index is 0.971. The molecule has 0 atom stereocenters. The van der Waals surface area contributed by atoms with E-state index in [2.05, 4.69) is 136 Å². The third kappa shape index (κ3) is 2.45. The van der Waals surface area contributed by atoms with Gasteiger partial charge in [-0.15, -0.1) is 0 Å². The maximum Gasteiger partial charge on any atom is 0.145 e. The molecule has 0 aliphatic rings. The van der Waals surface area contributed by atoms with Crippen LogP contribution in [0.2, 0.25) is 0 Å². The monoisotopic (exact) mass is 483 g/mol. The van der Waals surface area contributed by atoms with Crippen LogP contribution in [0.1, 0.15) is 0 Å². The van der Waals surface area contributed by atoms with Crippen molar-refractivity contribution in [3.63, 3.8) is 0 Å². The minimum Gasteiger partial charge on any atom is -0.309 e. The van der Waals surface area contributed by atoms with Gasteiger partial charge >= 0.3 is 0 Å². The van der Waals surface area contributed by atoms with Crippen LogP contribution in [0.25, 0.3) is 77.0 Å². The van der Waals surface area contributed by atoms with Crippen molar-refractivity contribution in [3.8, 4) is 17.1 Å². The topological polar surface area (TPSA) is 22.2 Å². The van der Waals surface area contributed by atoms with E-state index in [0.717, 1.165) is 22.6 Å². The first-order valence-corrected chi connectivity index (χ1v) is 13.0. The van der Waals surface area contributed by atoms with Gasteiger partial charge in [-0.2, -0.15) is 0 Å². The van der Waals surface area contributed by atoms with Gasteiger partial charge in [-0.1, -0.05) is 91.0 Å². The van der Waals surface area contributed by atoms with Gasteiger partial charge < -0.3 is 4.57 Å². The van der Waals surface area contributed by atoms with E-state index >= 15 is 0 Å². The van der Waals surface area contributed by atoms with Gasteiger partial charge in [-0.3, -0.25) is 4.40 Å². The number of imidazole rings is 1. The molecular weight excluding hydrogens is 462 g/mol. The lowest BCUT2D eigenvalue weighted by Crippen LogP contribution is -1.94. The van der Waals surface area contributed by atoms with Crippen LogP contribution in [0.5, 0.6) is 0 Å². The average molecular weight is 484 g/mol.